The van der Waals surface area contributed by atoms with E-state index in [4.69, 9.17) is 0 Å². The van der Waals surface area contributed by atoms with Crippen molar-refractivity contribution in [1.29, 1.82) is 0 Å². The SMILES string of the molecule is Fc1ccccc1CSc1ccc(-c2ccc3ccccc3c2)nn1. The molecule has 122 valence electrons. The highest BCUT2D eigenvalue weighted by molar-refractivity contribution is 7.98. The van der Waals surface area contributed by atoms with Gasteiger partial charge in [0.2, 0.25) is 0 Å². The lowest BCUT2D eigenvalue weighted by Crippen LogP contribution is -1.91. The second kappa shape index (κ2) is 7.03. The van der Waals surface area contributed by atoms with E-state index in [1.54, 1.807) is 12.1 Å². The number of benzene rings is 3. The van der Waals surface area contributed by atoms with Crippen molar-refractivity contribution in [3.8, 4) is 11.3 Å². The lowest BCUT2D eigenvalue weighted by Gasteiger charge is -2.05. The molecule has 25 heavy (non-hydrogen) atoms. The average molecular weight is 346 g/mol. The summed E-state index contributed by atoms with van der Waals surface area (Å²) in [6.45, 7) is 0. The molecule has 1 aromatic heterocycles. The highest BCUT2D eigenvalue weighted by Gasteiger charge is 2.05. The molecule has 0 fully saturated rings. The van der Waals surface area contributed by atoms with E-state index in [-0.39, 0.29) is 5.82 Å². The number of hydrogen-bond donors (Lipinski definition) is 0. The van der Waals surface area contributed by atoms with Crippen LogP contribution in [0.1, 0.15) is 5.56 Å². The molecular weight excluding hydrogens is 331 g/mol. The quantitative estimate of drug-likeness (QED) is 0.441. The third kappa shape index (κ3) is 3.54. The molecule has 0 aliphatic rings. The summed E-state index contributed by atoms with van der Waals surface area (Å²) in [7, 11) is 0. The lowest BCUT2D eigenvalue weighted by atomic mass is 10.1. The van der Waals surface area contributed by atoms with Crippen LogP contribution < -0.4 is 0 Å². The monoisotopic (exact) mass is 346 g/mol. The van der Waals surface area contributed by atoms with Crippen LogP contribution in [0.25, 0.3) is 22.0 Å². The topological polar surface area (TPSA) is 25.8 Å². The van der Waals surface area contributed by atoms with Crippen LogP contribution in [0.3, 0.4) is 0 Å². The van der Waals surface area contributed by atoms with Gasteiger partial charge in [-0.05, 0) is 40.6 Å². The molecule has 0 saturated heterocycles. The number of thioether (sulfide) groups is 1. The third-order valence-corrected chi connectivity index (χ3v) is 4.99. The number of rotatable bonds is 4. The van der Waals surface area contributed by atoms with Crippen LogP contribution >= 0.6 is 11.8 Å². The number of halogens is 1. The van der Waals surface area contributed by atoms with Gasteiger partial charge in [0.1, 0.15) is 10.8 Å². The number of fused-ring (bicyclic) bond motifs is 1. The van der Waals surface area contributed by atoms with Crippen LogP contribution in [0.4, 0.5) is 4.39 Å². The molecule has 4 rings (SSSR count). The van der Waals surface area contributed by atoms with Gasteiger partial charge in [-0.3, -0.25) is 0 Å². The van der Waals surface area contributed by atoms with Crippen molar-refractivity contribution in [2.24, 2.45) is 0 Å². The molecule has 4 heteroatoms. The second-order valence-corrected chi connectivity index (χ2v) is 6.69. The standard InChI is InChI=1S/C21H15FN2S/c22-19-8-4-3-7-18(19)14-25-21-12-11-20(23-24-21)17-10-9-15-5-1-2-6-16(15)13-17/h1-13H,14H2. The van der Waals surface area contributed by atoms with Crippen molar-refractivity contribution in [3.63, 3.8) is 0 Å². The minimum Gasteiger partial charge on any atom is -0.207 e. The van der Waals surface area contributed by atoms with Crippen LogP contribution in [0.15, 0.2) is 83.9 Å². The van der Waals surface area contributed by atoms with Gasteiger partial charge >= 0.3 is 0 Å². The van der Waals surface area contributed by atoms with Gasteiger partial charge in [-0.15, -0.1) is 10.2 Å². The maximum atomic E-state index is 13.7. The Morgan fingerprint density at radius 2 is 1.56 bits per heavy atom. The van der Waals surface area contributed by atoms with Crippen molar-refractivity contribution in [1.82, 2.24) is 10.2 Å². The smallest absolute Gasteiger partial charge is 0.127 e. The predicted octanol–water partition coefficient (Wildman–Crippen LogP) is 5.73. The fraction of sp³-hybridized carbons (Fsp3) is 0.0476. The van der Waals surface area contributed by atoms with Crippen molar-refractivity contribution < 1.29 is 4.39 Å². The Labute approximate surface area is 149 Å². The molecule has 0 spiro atoms. The Kier molecular flexibility index (Phi) is 4.44. The molecule has 2 nitrogen and oxygen atoms in total. The molecule has 1 heterocycles. The van der Waals surface area contributed by atoms with Gasteiger partial charge < -0.3 is 0 Å². The highest BCUT2D eigenvalue weighted by atomic mass is 32.2. The molecule has 0 bridgehead atoms. The molecule has 3 aromatic carbocycles. The first-order valence-corrected chi connectivity index (χ1v) is 8.97. The van der Waals surface area contributed by atoms with Gasteiger partial charge in [-0.2, -0.15) is 0 Å². The van der Waals surface area contributed by atoms with E-state index in [0.717, 1.165) is 16.3 Å². The summed E-state index contributed by atoms with van der Waals surface area (Å²) in [5.74, 6) is 0.354. The van der Waals surface area contributed by atoms with Crippen molar-refractivity contribution in [2.45, 2.75) is 10.8 Å². The van der Waals surface area contributed by atoms with E-state index in [1.165, 1.54) is 28.6 Å². The van der Waals surface area contributed by atoms with E-state index < -0.39 is 0 Å². The van der Waals surface area contributed by atoms with E-state index in [2.05, 4.69) is 40.5 Å². The van der Waals surface area contributed by atoms with E-state index in [1.807, 2.05) is 30.3 Å². The van der Waals surface area contributed by atoms with Crippen LogP contribution in [0, 0.1) is 5.82 Å². The van der Waals surface area contributed by atoms with E-state index in [9.17, 15) is 4.39 Å². The fourth-order valence-electron chi connectivity index (χ4n) is 2.67. The first-order chi connectivity index (χ1) is 12.3. The molecule has 0 atom stereocenters. The maximum Gasteiger partial charge on any atom is 0.127 e. The van der Waals surface area contributed by atoms with Gasteiger partial charge in [0.05, 0.1) is 5.69 Å². The Morgan fingerprint density at radius 3 is 2.36 bits per heavy atom. The van der Waals surface area contributed by atoms with Gasteiger partial charge in [0.15, 0.2) is 0 Å². The van der Waals surface area contributed by atoms with Gasteiger partial charge in [-0.1, -0.05) is 66.4 Å². The summed E-state index contributed by atoms with van der Waals surface area (Å²) in [4.78, 5) is 0. The first-order valence-electron chi connectivity index (χ1n) is 7.99. The minimum absolute atomic E-state index is 0.184. The van der Waals surface area contributed by atoms with Crippen molar-refractivity contribution in [3.05, 3.63) is 90.2 Å². The third-order valence-electron chi connectivity index (χ3n) is 4.02. The van der Waals surface area contributed by atoms with Crippen LogP contribution in [-0.4, -0.2) is 10.2 Å². The summed E-state index contributed by atoms with van der Waals surface area (Å²) in [6.07, 6.45) is 0. The number of aromatic nitrogens is 2. The first kappa shape index (κ1) is 15.8. The molecule has 0 saturated carbocycles. The largest absolute Gasteiger partial charge is 0.207 e. The number of nitrogens with zero attached hydrogens (tertiary/aromatic N) is 2. The fourth-order valence-corrected chi connectivity index (χ4v) is 3.47. The van der Waals surface area contributed by atoms with Crippen molar-refractivity contribution in [2.75, 3.05) is 0 Å². The zero-order valence-electron chi connectivity index (χ0n) is 13.4. The summed E-state index contributed by atoms with van der Waals surface area (Å²) in [6, 6.07) is 25.2. The van der Waals surface area contributed by atoms with Crippen LogP contribution in [0.5, 0.6) is 0 Å². The van der Waals surface area contributed by atoms with Crippen LogP contribution in [0.2, 0.25) is 0 Å². The molecule has 0 aliphatic heterocycles. The van der Waals surface area contributed by atoms with Crippen molar-refractivity contribution >= 4 is 22.5 Å². The molecule has 0 radical (unpaired) electrons. The normalized spacial score (nSPS) is 10.9. The van der Waals surface area contributed by atoms with E-state index in [0.29, 0.717) is 11.3 Å². The molecule has 0 aliphatic carbocycles. The molecule has 0 amide bonds. The summed E-state index contributed by atoms with van der Waals surface area (Å²) in [5.41, 5.74) is 2.55. The van der Waals surface area contributed by atoms with E-state index >= 15 is 0 Å². The average Bonchev–Trinajstić information content (AvgIpc) is 2.67. The van der Waals surface area contributed by atoms with Crippen LogP contribution in [-0.2, 0) is 5.75 Å². The Balaban J connectivity index is 1.52. The predicted molar refractivity (Wildman–Crippen MR) is 101 cm³/mol. The summed E-state index contributed by atoms with van der Waals surface area (Å²) >= 11 is 1.48. The molecular formula is C21H15FN2S. The zero-order chi connectivity index (χ0) is 17.1. The van der Waals surface area contributed by atoms with Gasteiger partial charge in [0, 0.05) is 11.3 Å². The Bertz CT molecular complexity index is 1020. The minimum atomic E-state index is -0.184. The molecule has 0 N–H and O–H groups in total. The molecule has 0 unspecified atom stereocenters. The molecule has 4 aromatic rings. The zero-order valence-corrected chi connectivity index (χ0v) is 14.2. The maximum absolute atomic E-state index is 13.7. The summed E-state index contributed by atoms with van der Waals surface area (Å²) < 4.78 is 13.7. The summed E-state index contributed by atoms with van der Waals surface area (Å²) in [5, 5.41) is 11.8. The Morgan fingerprint density at radius 1 is 0.760 bits per heavy atom. The Hall–Kier alpha value is -2.72. The van der Waals surface area contributed by atoms with Gasteiger partial charge in [-0.25, -0.2) is 4.39 Å². The lowest BCUT2D eigenvalue weighted by molar-refractivity contribution is 0.617. The number of hydrogen-bond acceptors (Lipinski definition) is 3. The highest BCUT2D eigenvalue weighted by Crippen LogP contribution is 2.25. The second-order valence-electron chi connectivity index (χ2n) is 5.70. The van der Waals surface area contributed by atoms with Gasteiger partial charge in [0.25, 0.3) is 0 Å².